The topological polar surface area (TPSA) is 105 Å². The zero-order chi connectivity index (χ0) is 13.9. The summed E-state index contributed by atoms with van der Waals surface area (Å²) >= 11 is 0. The van der Waals surface area contributed by atoms with Crippen molar-refractivity contribution in [2.24, 2.45) is 5.92 Å². The highest BCUT2D eigenvalue weighted by atomic mass is 16.5. The molecule has 1 N–H and O–H groups in total. The molecular weight excluding hydrogens is 238 g/mol. The third-order valence-electron chi connectivity index (χ3n) is 2.46. The van der Waals surface area contributed by atoms with Gasteiger partial charge in [0.2, 0.25) is 0 Å². The number of hydrogen-bond acceptors (Lipinski definition) is 5. The molecule has 0 fully saturated rings. The van der Waals surface area contributed by atoms with Crippen LogP contribution < -0.4 is 11.2 Å². The molecule has 1 unspecified atom stereocenters. The standard InChI is InChI=1S/C11H13N3O4/c1-6(2)8(10(16)18-3)14-5-7(4-12)9(15)13-11(14)17/h5-6,8H,1-3H3,(H,13,15,17). The SMILES string of the molecule is COC(=O)C(C(C)C)n1cc(C#N)c(=O)[nH]c1=O. The molecule has 0 spiro atoms. The number of esters is 1. The Morgan fingerprint density at radius 2 is 2.11 bits per heavy atom. The third kappa shape index (κ3) is 2.48. The van der Waals surface area contributed by atoms with Crippen LogP contribution in [0.1, 0.15) is 25.5 Å². The Kier molecular flexibility index (Phi) is 4.05. The van der Waals surface area contributed by atoms with E-state index in [-0.39, 0.29) is 11.5 Å². The average molecular weight is 251 g/mol. The number of rotatable bonds is 3. The Hall–Kier alpha value is -2.36. The van der Waals surface area contributed by atoms with E-state index in [9.17, 15) is 14.4 Å². The fourth-order valence-electron chi connectivity index (χ4n) is 1.60. The van der Waals surface area contributed by atoms with E-state index in [4.69, 9.17) is 5.26 Å². The number of methoxy groups -OCH3 is 1. The Balaban J connectivity index is 3.48. The van der Waals surface area contributed by atoms with E-state index >= 15 is 0 Å². The lowest BCUT2D eigenvalue weighted by Gasteiger charge is -2.20. The minimum Gasteiger partial charge on any atom is -0.467 e. The van der Waals surface area contributed by atoms with Crippen molar-refractivity contribution in [3.05, 3.63) is 32.6 Å². The van der Waals surface area contributed by atoms with Gasteiger partial charge in [-0.1, -0.05) is 13.8 Å². The van der Waals surface area contributed by atoms with E-state index in [1.165, 1.54) is 7.11 Å². The number of hydrogen-bond donors (Lipinski definition) is 1. The summed E-state index contributed by atoms with van der Waals surface area (Å²) in [6, 6.07) is 0.775. The molecule has 0 aliphatic heterocycles. The van der Waals surface area contributed by atoms with Gasteiger partial charge in [-0.2, -0.15) is 5.26 Å². The van der Waals surface area contributed by atoms with Crippen LogP contribution in [0.2, 0.25) is 0 Å². The fourth-order valence-corrected chi connectivity index (χ4v) is 1.60. The van der Waals surface area contributed by atoms with Crippen LogP contribution in [0.5, 0.6) is 0 Å². The quantitative estimate of drug-likeness (QED) is 0.747. The van der Waals surface area contributed by atoms with Crippen LogP contribution in [-0.2, 0) is 9.53 Å². The summed E-state index contributed by atoms with van der Waals surface area (Å²) in [5.41, 5.74) is -1.75. The lowest BCUT2D eigenvalue weighted by Crippen LogP contribution is -2.38. The van der Waals surface area contributed by atoms with Gasteiger partial charge in [0.25, 0.3) is 5.56 Å². The highest BCUT2D eigenvalue weighted by Gasteiger charge is 2.26. The van der Waals surface area contributed by atoms with E-state index < -0.39 is 23.3 Å². The molecule has 1 aromatic heterocycles. The van der Waals surface area contributed by atoms with Crippen molar-refractivity contribution in [2.45, 2.75) is 19.9 Å². The number of nitrogens with one attached hydrogen (secondary N) is 1. The molecule has 0 saturated heterocycles. The first-order valence-corrected chi connectivity index (χ1v) is 5.25. The summed E-state index contributed by atoms with van der Waals surface area (Å²) in [4.78, 5) is 36.5. The molecule has 0 aliphatic carbocycles. The summed E-state index contributed by atoms with van der Waals surface area (Å²) in [6.45, 7) is 3.45. The second-order valence-electron chi connectivity index (χ2n) is 4.03. The molecule has 7 heteroatoms. The highest BCUT2D eigenvalue weighted by Crippen LogP contribution is 2.16. The van der Waals surface area contributed by atoms with Gasteiger partial charge in [0.1, 0.15) is 17.7 Å². The molecule has 0 bridgehead atoms. The van der Waals surface area contributed by atoms with Crippen LogP contribution in [0.3, 0.4) is 0 Å². The normalized spacial score (nSPS) is 11.9. The number of aromatic amines is 1. The van der Waals surface area contributed by atoms with E-state index in [0.717, 1.165) is 10.8 Å². The predicted molar refractivity (Wildman–Crippen MR) is 61.9 cm³/mol. The van der Waals surface area contributed by atoms with Gasteiger partial charge in [0.15, 0.2) is 0 Å². The van der Waals surface area contributed by atoms with Gasteiger partial charge in [0.05, 0.1) is 7.11 Å². The first kappa shape index (κ1) is 13.7. The van der Waals surface area contributed by atoms with Crippen molar-refractivity contribution in [2.75, 3.05) is 7.11 Å². The minimum absolute atomic E-state index is 0.229. The summed E-state index contributed by atoms with van der Waals surface area (Å²) in [7, 11) is 1.21. The maximum atomic E-state index is 11.7. The average Bonchev–Trinajstić information content (AvgIpc) is 2.31. The fraction of sp³-hybridized carbons (Fsp3) is 0.455. The molecule has 0 amide bonds. The molecule has 0 saturated carbocycles. The van der Waals surface area contributed by atoms with E-state index in [2.05, 4.69) is 4.74 Å². The number of H-pyrrole nitrogens is 1. The maximum absolute atomic E-state index is 11.7. The maximum Gasteiger partial charge on any atom is 0.329 e. The Morgan fingerprint density at radius 3 is 2.56 bits per heavy atom. The predicted octanol–water partition coefficient (Wildman–Crippen LogP) is -0.222. The Labute approximate surface area is 103 Å². The molecule has 96 valence electrons. The molecule has 7 nitrogen and oxygen atoms in total. The Morgan fingerprint density at radius 1 is 1.50 bits per heavy atom. The number of carbonyl (C=O) groups is 1. The van der Waals surface area contributed by atoms with Crippen LogP contribution in [0.4, 0.5) is 0 Å². The smallest absolute Gasteiger partial charge is 0.329 e. The zero-order valence-corrected chi connectivity index (χ0v) is 10.3. The Bertz CT molecular complexity index is 606. The second kappa shape index (κ2) is 5.31. The van der Waals surface area contributed by atoms with Crippen LogP contribution in [0.25, 0.3) is 0 Å². The highest BCUT2D eigenvalue weighted by molar-refractivity contribution is 5.74. The number of nitriles is 1. The molecule has 1 aromatic rings. The van der Waals surface area contributed by atoms with Gasteiger partial charge in [0, 0.05) is 6.20 Å². The van der Waals surface area contributed by atoms with Crippen LogP contribution in [-0.4, -0.2) is 22.6 Å². The first-order valence-electron chi connectivity index (χ1n) is 5.25. The minimum atomic E-state index is -0.883. The van der Waals surface area contributed by atoms with Crippen molar-refractivity contribution in [1.82, 2.24) is 9.55 Å². The summed E-state index contributed by atoms with van der Waals surface area (Å²) in [5, 5.41) is 8.75. The van der Waals surface area contributed by atoms with Gasteiger partial charge in [-0.25, -0.2) is 9.59 Å². The molecule has 0 aliphatic rings. The molecule has 0 radical (unpaired) electrons. The molecular formula is C11H13N3O4. The summed E-state index contributed by atoms with van der Waals surface area (Å²) < 4.78 is 5.62. The van der Waals surface area contributed by atoms with E-state index in [0.29, 0.717) is 0 Å². The monoisotopic (exact) mass is 251 g/mol. The van der Waals surface area contributed by atoms with Crippen molar-refractivity contribution < 1.29 is 9.53 Å². The van der Waals surface area contributed by atoms with E-state index in [1.54, 1.807) is 19.9 Å². The van der Waals surface area contributed by atoms with Gasteiger partial charge in [-0.15, -0.1) is 0 Å². The third-order valence-corrected chi connectivity index (χ3v) is 2.46. The van der Waals surface area contributed by atoms with Gasteiger partial charge < -0.3 is 4.74 Å². The van der Waals surface area contributed by atoms with Crippen molar-refractivity contribution in [3.63, 3.8) is 0 Å². The molecule has 1 heterocycles. The van der Waals surface area contributed by atoms with Crippen LogP contribution >= 0.6 is 0 Å². The van der Waals surface area contributed by atoms with Gasteiger partial charge in [-0.3, -0.25) is 14.3 Å². The van der Waals surface area contributed by atoms with Crippen LogP contribution in [0, 0.1) is 17.2 Å². The second-order valence-corrected chi connectivity index (χ2v) is 4.03. The largest absolute Gasteiger partial charge is 0.467 e. The number of carbonyl (C=O) groups excluding carboxylic acids is 1. The van der Waals surface area contributed by atoms with Gasteiger partial charge in [-0.05, 0) is 5.92 Å². The number of aromatic nitrogens is 2. The lowest BCUT2D eigenvalue weighted by molar-refractivity contribution is -0.146. The number of ether oxygens (including phenoxy) is 1. The number of nitrogens with zero attached hydrogens (tertiary/aromatic N) is 2. The summed E-state index contributed by atoms with van der Waals surface area (Å²) in [6.07, 6.45) is 1.07. The first-order chi connectivity index (χ1) is 8.42. The molecule has 0 aromatic carbocycles. The van der Waals surface area contributed by atoms with Crippen molar-refractivity contribution in [1.29, 1.82) is 5.26 Å². The lowest BCUT2D eigenvalue weighted by atomic mass is 10.0. The zero-order valence-electron chi connectivity index (χ0n) is 10.3. The molecule has 1 atom stereocenters. The van der Waals surface area contributed by atoms with Gasteiger partial charge >= 0.3 is 11.7 Å². The van der Waals surface area contributed by atoms with Crippen molar-refractivity contribution >= 4 is 5.97 Å². The van der Waals surface area contributed by atoms with Crippen LogP contribution in [0.15, 0.2) is 15.8 Å². The summed E-state index contributed by atoms with van der Waals surface area (Å²) in [5.74, 6) is -0.837. The van der Waals surface area contributed by atoms with Crippen molar-refractivity contribution in [3.8, 4) is 6.07 Å². The molecule has 18 heavy (non-hydrogen) atoms. The van der Waals surface area contributed by atoms with E-state index in [1.807, 2.05) is 4.98 Å². The molecule has 1 rings (SSSR count).